The molecule has 1 saturated heterocycles. The maximum absolute atomic E-state index is 14.1. The molecule has 1 fully saturated rings. The molecule has 0 aromatic heterocycles. The molecule has 0 saturated carbocycles. The Kier molecular flexibility index (Phi) is 5.40. The smallest absolute Gasteiger partial charge is 0.240 e. The lowest BCUT2D eigenvalue weighted by molar-refractivity contribution is 0.0709. The van der Waals surface area contributed by atoms with E-state index in [0.717, 1.165) is 6.07 Å². The second-order valence-corrected chi connectivity index (χ2v) is 5.54. The average Bonchev–Trinajstić information content (AvgIpc) is 2.43. The van der Waals surface area contributed by atoms with E-state index in [0.29, 0.717) is 26.2 Å². The molecule has 1 aliphatic rings. The van der Waals surface area contributed by atoms with Gasteiger partial charge in [0, 0.05) is 44.2 Å². The minimum Gasteiger partial charge on any atom is -0.314 e. The lowest BCUT2D eigenvalue weighted by atomic mass is 10.00. The van der Waals surface area contributed by atoms with Crippen LogP contribution in [0, 0.1) is 11.6 Å². The van der Waals surface area contributed by atoms with Gasteiger partial charge in [-0.05, 0) is 28.1 Å². The highest BCUT2D eigenvalue weighted by atomic mass is 79.9. The Morgan fingerprint density at radius 2 is 1.85 bits per heavy atom. The third kappa shape index (κ3) is 3.51. The Hall–Kier alpha value is -0.660. The van der Waals surface area contributed by atoms with Crippen LogP contribution in [0.5, 0.6) is 0 Å². The van der Waals surface area contributed by atoms with Gasteiger partial charge in [-0.25, -0.2) is 17.6 Å². The van der Waals surface area contributed by atoms with E-state index in [4.69, 9.17) is 0 Å². The largest absolute Gasteiger partial charge is 0.314 e. The van der Waals surface area contributed by atoms with Gasteiger partial charge in [-0.2, -0.15) is 0 Å². The number of rotatable bonds is 4. The van der Waals surface area contributed by atoms with Crippen molar-refractivity contribution in [3.63, 3.8) is 0 Å². The monoisotopic (exact) mass is 354 g/mol. The zero-order chi connectivity index (χ0) is 14.7. The summed E-state index contributed by atoms with van der Waals surface area (Å²) in [4.78, 5) is 1.70. The van der Waals surface area contributed by atoms with E-state index in [2.05, 4.69) is 21.2 Å². The molecule has 2 rings (SSSR count). The van der Waals surface area contributed by atoms with Crippen molar-refractivity contribution < 1.29 is 17.6 Å². The van der Waals surface area contributed by atoms with Gasteiger partial charge in [0.15, 0.2) is 0 Å². The van der Waals surface area contributed by atoms with Crippen molar-refractivity contribution >= 4 is 15.9 Å². The van der Waals surface area contributed by atoms with Crippen molar-refractivity contribution in [2.75, 3.05) is 26.2 Å². The molecule has 20 heavy (non-hydrogen) atoms. The predicted molar refractivity (Wildman–Crippen MR) is 71.9 cm³/mol. The summed E-state index contributed by atoms with van der Waals surface area (Å²) in [6, 6.07) is 1.39. The first-order valence-corrected chi connectivity index (χ1v) is 7.16. The molecule has 0 amide bonds. The van der Waals surface area contributed by atoms with Gasteiger partial charge in [0.25, 0.3) is 0 Å². The molecule has 1 aromatic carbocycles. The predicted octanol–water partition coefficient (Wildman–Crippen LogP) is 3.33. The molecule has 0 aliphatic carbocycles. The second kappa shape index (κ2) is 6.87. The van der Waals surface area contributed by atoms with E-state index in [9.17, 15) is 17.6 Å². The molecule has 1 heterocycles. The van der Waals surface area contributed by atoms with Gasteiger partial charge in [-0.1, -0.05) is 0 Å². The third-order valence-electron chi connectivity index (χ3n) is 3.41. The minimum absolute atomic E-state index is 0.0864. The minimum atomic E-state index is -2.62. The van der Waals surface area contributed by atoms with Crippen LogP contribution >= 0.6 is 15.9 Å². The van der Waals surface area contributed by atoms with Gasteiger partial charge >= 0.3 is 0 Å². The Bertz CT molecular complexity index is 464. The van der Waals surface area contributed by atoms with E-state index in [1.54, 1.807) is 4.90 Å². The fourth-order valence-corrected chi connectivity index (χ4v) is 2.81. The van der Waals surface area contributed by atoms with E-state index >= 15 is 0 Å². The van der Waals surface area contributed by atoms with Crippen LogP contribution in [0.1, 0.15) is 18.0 Å². The van der Waals surface area contributed by atoms with Crippen LogP contribution in [-0.2, 0) is 0 Å². The van der Waals surface area contributed by atoms with Gasteiger partial charge in [0.1, 0.15) is 11.6 Å². The number of hydrogen-bond acceptors (Lipinski definition) is 2. The molecule has 2 nitrogen and oxygen atoms in total. The molecule has 112 valence electrons. The summed E-state index contributed by atoms with van der Waals surface area (Å²) in [5.41, 5.74) is -0.276. The van der Waals surface area contributed by atoms with E-state index in [1.165, 1.54) is 6.07 Å². The number of hydrogen-bond donors (Lipinski definition) is 1. The third-order valence-corrected chi connectivity index (χ3v) is 4.02. The van der Waals surface area contributed by atoms with E-state index < -0.39 is 30.5 Å². The molecule has 1 aromatic rings. The van der Waals surface area contributed by atoms with Crippen molar-refractivity contribution in [2.45, 2.75) is 18.9 Å². The highest BCUT2D eigenvalue weighted by Gasteiger charge is 2.30. The normalized spacial score (nSPS) is 18.5. The van der Waals surface area contributed by atoms with Crippen molar-refractivity contribution in [3.8, 4) is 0 Å². The number of nitrogens with zero attached hydrogens (tertiary/aromatic N) is 1. The fourth-order valence-electron chi connectivity index (χ4n) is 2.46. The summed E-state index contributed by atoms with van der Waals surface area (Å²) in [5, 5.41) is 3.09. The van der Waals surface area contributed by atoms with Crippen LogP contribution in [0.25, 0.3) is 0 Å². The van der Waals surface area contributed by atoms with E-state index in [1.807, 2.05) is 0 Å². The van der Waals surface area contributed by atoms with Crippen molar-refractivity contribution in [1.29, 1.82) is 0 Å². The van der Waals surface area contributed by atoms with Gasteiger partial charge < -0.3 is 5.32 Å². The quantitative estimate of drug-likeness (QED) is 0.659. The number of nitrogens with one attached hydrogen (secondary N) is 1. The summed E-state index contributed by atoms with van der Waals surface area (Å²) in [5.74, 6) is -1.58. The van der Waals surface area contributed by atoms with Crippen LogP contribution in [0.15, 0.2) is 16.6 Å². The molecule has 0 unspecified atom stereocenters. The lowest BCUT2D eigenvalue weighted by Gasteiger charge is -2.35. The summed E-state index contributed by atoms with van der Waals surface area (Å²) in [6.45, 7) is 2.22. The first kappa shape index (κ1) is 15.7. The molecule has 7 heteroatoms. The molecule has 0 spiro atoms. The second-order valence-electron chi connectivity index (χ2n) is 4.69. The standard InChI is InChI=1S/C13H15BrF4N2/c14-8-1-2-9(15)12(13(8)18)10(7-11(16)17)20-5-3-19-4-6-20/h1-2,10-11,19H,3-7H2/t10-/m0/s1. The first-order valence-electron chi connectivity index (χ1n) is 6.37. The van der Waals surface area contributed by atoms with Gasteiger partial charge in [0.05, 0.1) is 4.47 Å². The zero-order valence-corrected chi connectivity index (χ0v) is 12.3. The molecule has 1 aliphatic heterocycles. The summed E-state index contributed by atoms with van der Waals surface area (Å²) in [7, 11) is 0. The van der Waals surface area contributed by atoms with Crippen LogP contribution in [-0.4, -0.2) is 37.5 Å². The topological polar surface area (TPSA) is 15.3 Å². The van der Waals surface area contributed by atoms with Gasteiger partial charge in [-0.15, -0.1) is 0 Å². The fraction of sp³-hybridized carbons (Fsp3) is 0.538. The molecular weight excluding hydrogens is 340 g/mol. The van der Waals surface area contributed by atoms with Crippen molar-refractivity contribution in [1.82, 2.24) is 10.2 Å². The summed E-state index contributed by atoms with van der Waals surface area (Å²) < 4.78 is 53.7. The molecule has 1 N–H and O–H groups in total. The van der Waals surface area contributed by atoms with Crippen molar-refractivity contribution in [2.24, 2.45) is 0 Å². The summed E-state index contributed by atoms with van der Waals surface area (Å²) >= 11 is 2.98. The van der Waals surface area contributed by atoms with Crippen LogP contribution < -0.4 is 5.32 Å². The maximum Gasteiger partial charge on any atom is 0.240 e. The number of benzene rings is 1. The Balaban J connectivity index is 2.37. The van der Waals surface area contributed by atoms with Gasteiger partial charge in [0.2, 0.25) is 6.43 Å². The molecule has 0 radical (unpaired) electrons. The number of halogens is 5. The molecule has 1 atom stereocenters. The Morgan fingerprint density at radius 3 is 2.45 bits per heavy atom. The van der Waals surface area contributed by atoms with Crippen LogP contribution in [0.3, 0.4) is 0 Å². The SMILES string of the molecule is Fc1ccc(Br)c(F)c1[C@H](CC(F)F)N1CCNCC1. The van der Waals surface area contributed by atoms with Gasteiger partial charge in [-0.3, -0.25) is 4.90 Å². The molecular formula is C13H15BrF4N2. The molecule has 0 bridgehead atoms. The zero-order valence-electron chi connectivity index (χ0n) is 10.7. The number of piperazine rings is 1. The van der Waals surface area contributed by atoms with E-state index in [-0.39, 0.29) is 10.0 Å². The lowest BCUT2D eigenvalue weighted by Crippen LogP contribution is -2.46. The van der Waals surface area contributed by atoms with Crippen molar-refractivity contribution in [3.05, 3.63) is 33.8 Å². The highest BCUT2D eigenvalue weighted by Crippen LogP contribution is 2.34. The Morgan fingerprint density at radius 1 is 1.20 bits per heavy atom. The first-order chi connectivity index (χ1) is 9.50. The number of alkyl halides is 2. The van der Waals surface area contributed by atoms with Crippen LogP contribution in [0.4, 0.5) is 17.6 Å². The highest BCUT2D eigenvalue weighted by molar-refractivity contribution is 9.10. The van der Waals surface area contributed by atoms with Crippen LogP contribution in [0.2, 0.25) is 0 Å². The Labute approximate surface area is 123 Å². The average molecular weight is 355 g/mol. The summed E-state index contributed by atoms with van der Waals surface area (Å²) in [6.07, 6.45) is -3.20. The maximum atomic E-state index is 14.1.